The molecule has 3 heterocycles. The van der Waals surface area contributed by atoms with Crippen LogP contribution >= 0.6 is 0 Å². The summed E-state index contributed by atoms with van der Waals surface area (Å²) in [5.41, 5.74) is -0.630. The van der Waals surface area contributed by atoms with Gasteiger partial charge in [0.05, 0.1) is 12.2 Å². The van der Waals surface area contributed by atoms with Crippen LogP contribution in [0.5, 0.6) is 0 Å². The van der Waals surface area contributed by atoms with E-state index in [1.165, 1.54) is 19.3 Å². The highest BCUT2D eigenvalue weighted by atomic mass is 16.8. The van der Waals surface area contributed by atoms with Crippen molar-refractivity contribution in [3.8, 4) is 0 Å². The number of carbonyl (C=O) groups is 1. The third-order valence-corrected chi connectivity index (χ3v) is 15.0. The molecule has 8 fully saturated rings. The minimum Gasteiger partial charge on any atom is -0.462 e. The molecule has 3 spiro atoms. The van der Waals surface area contributed by atoms with Crippen molar-refractivity contribution in [3.05, 3.63) is 0 Å². The minimum atomic E-state index is -0.968. The first-order valence-electron chi connectivity index (χ1n) is 15.7. The normalized spacial score (nSPS) is 65.1. The van der Waals surface area contributed by atoms with E-state index in [1.54, 1.807) is 6.92 Å². The summed E-state index contributed by atoms with van der Waals surface area (Å²) in [6, 6.07) is 0. The topological polar surface area (TPSA) is 97.8 Å². The Hall–Kier alpha value is -0.730. The van der Waals surface area contributed by atoms with Crippen LogP contribution in [0, 0.1) is 50.7 Å². The third kappa shape index (κ3) is 2.65. The molecule has 0 aromatic carbocycles. The van der Waals surface area contributed by atoms with Crippen LogP contribution in [0.1, 0.15) is 99.8 Å². The number of aliphatic hydroxyl groups excluding tert-OH is 2. The number of esters is 1. The molecule has 5 aliphatic carbocycles. The summed E-state index contributed by atoms with van der Waals surface area (Å²) in [5, 5.41) is 21.7. The standard InChI is InChI=1S/C32H48O7/c1-16-12-32(24-29(7,38-24)25(35)39-32)37-18-13-27(5)20-9-8-19-26(3,4)21(34)10-11-30(19)15-31(20,30)14-22(36-17(2)33)28(27,6)23(16)18/h16,18-25,34-35H,8-15H2,1-7H3/t16-,18+,19+,20+,21+,22-,23+,24+,25+,27+,28-,29-,30?,31?,32-/m1/s1. The number of rotatable bonds is 1. The zero-order valence-electron chi connectivity index (χ0n) is 24.8. The molecule has 0 bridgehead atoms. The molecule has 2 N–H and O–H groups in total. The average Bonchev–Trinajstić information content (AvgIpc) is 3.67. The lowest BCUT2D eigenvalue weighted by Gasteiger charge is -2.65. The van der Waals surface area contributed by atoms with Gasteiger partial charge in [0.25, 0.3) is 0 Å². The number of epoxide rings is 1. The zero-order valence-corrected chi connectivity index (χ0v) is 24.8. The molecule has 3 saturated heterocycles. The van der Waals surface area contributed by atoms with Gasteiger partial charge in [0.15, 0.2) is 6.29 Å². The van der Waals surface area contributed by atoms with Crippen molar-refractivity contribution >= 4 is 5.97 Å². The van der Waals surface area contributed by atoms with Gasteiger partial charge in [-0.2, -0.15) is 0 Å². The fourth-order valence-electron chi connectivity index (χ4n) is 13.3. The second-order valence-electron chi connectivity index (χ2n) is 16.6. The predicted molar refractivity (Wildman–Crippen MR) is 141 cm³/mol. The molecule has 0 aromatic heterocycles. The molecule has 0 amide bonds. The molecule has 0 radical (unpaired) electrons. The van der Waals surface area contributed by atoms with Crippen molar-refractivity contribution in [3.63, 3.8) is 0 Å². The number of hydrogen-bond acceptors (Lipinski definition) is 7. The number of ether oxygens (including phenoxy) is 4. The smallest absolute Gasteiger partial charge is 0.302 e. The molecule has 2 unspecified atom stereocenters. The highest BCUT2D eigenvalue weighted by Gasteiger charge is 2.86. The Morgan fingerprint density at radius 1 is 0.897 bits per heavy atom. The average molecular weight is 545 g/mol. The Morgan fingerprint density at radius 3 is 2.26 bits per heavy atom. The summed E-state index contributed by atoms with van der Waals surface area (Å²) >= 11 is 0. The van der Waals surface area contributed by atoms with Crippen LogP contribution in [0.15, 0.2) is 0 Å². The van der Waals surface area contributed by atoms with Crippen LogP contribution in [-0.4, -0.2) is 58.3 Å². The van der Waals surface area contributed by atoms with Crippen molar-refractivity contribution in [2.24, 2.45) is 50.7 Å². The lowest BCUT2D eigenvalue weighted by atomic mass is 9.41. The van der Waals surface area contributed by atoms with Gasteiger partial charge in [-0.3, -0.25) is 4.79 Å². The number of aliphatic hydroxyl groups is 2. The Labute approximate surface area is 232 Å². The predicted octanol–water partition coefficient (Wildman–Crippen LogP) is 4.57. The van der Waals surface area contributed by atoms with Gasteiger partial charge < -0.3 is 29.2 Å². The molecule has 7 heteroatoms. The molecule has 7 nitrogen and oxygen atoms in total. The van der Waals surface area contributed by atoms with Crippen molar-refractivity contribution < 1.29 is 34.0 Å². The van der Waals surface area contributed by atoms with Crippen molar-refractivity contribution in [2.75, 3.05) is 0 Å². The molecular weight excluding hydrogens is 496 g/mol. The zero-order chi connectivity index (χ0) is 27.8. The van der Waals surface area contributed by atoms with Crippen LogP contribution in [0.3, 0.4) is 0 Å². The van der Waals surface area contributed by atoms with Crippen molar-refractivity contribution in [2.45, 2.75) is 142 Å². The van der Waals surface area contributed by atoms with Crippen LogP contribution in [0.25, 0.3) is 0 Å². The lowest BCUT2D eigenvalue weighted by molar-refractivity contribution is -0.346. The number of hydrogen-bond donors (Lipinski definition) is 2. The highest BCUT2D eigenvalue weighted by molar-refractivity contribution is 5.66. The van der Waals surface area contributed by atoms with Gasteiger partial charge >= 0.3 is 5.97 Å². The summed E-state index contributed by atoms with van der Waals surface area (Å²) in [6.07, 6.45) is 6.39. The quantitative estimate of drug-likeness (QED) is 0.369. The van der Waals surface area contributed by atoms with Crippen molar-refractivity contribution in [1.82, 2.24) is 0 Å². The Morgan fingerprint density at radius 2 is 1.62 bits per heavy atom. The fourth-order valence-corrected chi connectivity index (χ4v) is 13.3. The first kappa shape index (κ1) is 25.9. The Balaban J connectivity index is 1.21. The van der Waals surface area contributed by atoms with E-state index in [0.29, 0.717) is 18.3 Å². The number of carbonyl (C=O) groups excluding carboxylic acids is 1. The van der Waals surface area contributed by atoms with Gasteiger partial charge in [-0.1, -0.05) is 34.6 Å². The largest absolute Gasteiger partial charge is 0.462 e. The first-order chi connectivity index (χ1) is 18.1. The maximum absolute atomic E-state index is 12.7. The van der Waals surface area contributed by atoms with Gasteiger partial charge in [-0.15, -0.1) is 0 Å². The third-order valence-electron chi connectivity index (χ3n) is 15.0. The van der Waals surface area contributed by atoms with Gasteiger partial charge in [0.2, 0.25) is 5.79 Å². The van der Waals surface area contributed by atoms with Crippen LogP contribution < -0.4 is 0 Å². The second-order valence-corrected chi connectivity index (χ2v) is 16.6. The van der Waals surface area contributed by atoms with E-state index in [9.17, 15) is 15.0 Å². The van der Waals surface area contributed by atoms with Gasteiger partial charge in [-0.05, 0) is 97.2 Å². The lowest BCUT2D eigenvalue weighted by Crippen LogP contribution is -2.63. The second kappa shape index (κ2) is 7.07. The van der Waals surface area contributed by atoms with E-state index in [0.717, 1.165) is 25.7 Å². The summed E-state index contributed by atoms with van der Waals surface area (Å²) in [6.45, 7) is 15.3. The molecule has 8 aliphatic rings. The maximum atomic E-state index is 12.7. The highest BCUT2D eigenvalue weighted by Crippen LogP contribution is 2.89. The van der Waals surface area contributed by atoms with Crippen LogP contribution in [0.2, 0.25) is 0 Å². The molecule has 218 valence electrons. The Bertz CT molecular complexity index is 1140. The van der Waals surface area contributed by atoms with Crippen molar-refractivity contribution in [1.29, 1.82) is 0 Å². The molecule has 5 saturated carbocycles. The monoisotopic (exact) mass is 544 g/mol. The number of fused-ring (bicyclic) bond motifs is 6. The molecule has 15 atom stereocenters. The Kier molecular flexibility index (Phi) is 4.70. The van der Waals surface area contributed by atoms with E-state index in [-0.39, 0.29) is 69.3 Å². The van der Waals surface area contributed by atoms with E-state index >= 15 is 0 Å². The van der Waals surface area contributed by atoms with Gasteiger partial charge in [0, 0.05) is 18.8 Å². The van der Waals surface area contributed by atoms with Gasteiger partial charge in [-0.25, -0.2) is 0 Å². The molecule has 0 aromatic rings. The molecule has 39 heavy (non-hydrogen) atoms. The summed E-state index contributed by atoms with van der Waals surface area (Å²) < 4.78 is 25.6. The molecule has 8 rings (SSSR count). The van der Waals surface area contributed by atoms with E-state index in [2.05, 4.69) is 34.6 Å². The van der Waals surface area contributed by atoms with E-state index in [1.807, 2.05) is 6.92 Å². The van der Waals surface area contributed by atoms with Crippen LogP contribution in [-0.2, 0) is 23.7 Å². The van der Waals surface area contributed by atoms with E-state index in [4.69, 9.17) is 18.9 Å². The SMILES string of the molecule is CC(=O)O[C@@H]1CC23CC24CC[C@H](O)C(C)(C)[C@@H]4CC[C@H]3[C@]2(C)C[C@@H]3O[C@]4(C[C@@H](C)[C@@H]3[C@@]12C)O[C@H](O)[C@]1(C)O[C@H]41. The summed E-state index contributed by atoms with van der Waals surface area (Å²) in [7, 11) is 0. The minimum absolute atomic E-state index is 0.0345. The summed E-state index contributed by atoms with van der Waals surface area (Å²) in [4.78, 5) is 12.7. The van der Waals surface area contributed by atoms with Crippen LogP contribution in [0.4, 0.5) is 0 Å². The van der Waals surface area contributed by atoms with E-state index < -0.39 is 17.7 Å². The fraction of sp³-hybridized carbons (Fsp3) is 0.969. The molecular formula is C32H48O7. The first-order valence-corrected chi connectivity index (χ1v) is 15.7. The maximum Gasteiger partial charge on any atom is 0.302 e. The summed E-state index contributed by atoms with van der Waals surface area (Å²) in [5.74, 6) is 0.475. The molecule has 3 aliphatic heterocycles. The van der Waals surface area contributed by atoms with Gasteiger partial charge in [0.1, 0.15) is 17.8 Å².